The normalized spacial score (nSPS) is 15.8. The van der Waals surface area contributed by atoms with E-state index >= 15 is 0 Å². The summed E-state index contributed by atoms with van der Waals surface area (Å²) in [6.07, 6.45) is 1.05. The van der Waals surface area contributed by atoms with E-state index in [2.05, 4.69) is 34.9 Å². The minimum atomic E-state index is -0.719. The number of nitrogens with one attached hydrogen (secondary N) is 3. The first kappa shape index (κ1) is 23.1. The molecule has 1 atom stereocenters. The number of benzene rings is 2. The summed E-state index contributed by atoms with van der Waals surface area (Å²) in [7, 11) is 0. The molecule has 0 bridgehead atoms. The first-order chi connectivity index (χ1) is 16.2. The van der Waals surface area contributed by atoms with Crippen molar-refractivity contribution in [2.45, 2.75) is 25.8 Å². The van der Waals surface area contributed by atoms with Crippen molar-refractivity contribution < 1.29 is 23.1 Å². The largest absolute Gasteiger partial charge is 0.457 e. The van der Waals surface area contributed by atoms with Crippen molar-refractivity contribution in [2.24, 2.45) is 0 Å². The molecule has 0 radical (unpaired) electrons. The van der Waals surface area contributed by atoms with Crippen LogP contribution in [0, 0.1) is 11.6 Å². The summed E-state index contributed by atoms with van der Waals surface area (Å²) in [4.78, 5) is 28.3. The molecule has 1 aliphatic heterocycles. The van der Waals surface area contributed by atoms with Crippen molar-refractivity contribution in [1.82, 2.24) is 9.99 Å². The molecule has 176 valence electrons. The molecule has 10 heteroatoms. The summed E-state index contributed by atoms with van der Waals surface area (Å²) in [6.45, 7) is 5.09. The van der Waals surface area contributed by atoms with Gasteiger partial charge in [-0.15, -0.1) is 0 Å². The SMILES string of the molecule is CC1(C)CN1Nc1cc(Oc2ccc(NC(=O)CC(=O)Nc3ccc(F)cc3)c(F)c2)ccn1. The molecule has 3 N–H and O–H groups in total. The molecule has 1 aliphatic rings. The van der Waals surface area contributed by atoms with E-state index in [1.807, 2.05) is 5.01 Å². The third-order valence-electron chi connectivity index (χ3n) is 5.05. The second-order valence-corrected chi connectivity index (χ2v) is 8.41. The van der Waals surface area contributed by atoms with Crippen LogP contribution in [0.4, 0.5) is 26.0 Å². The van der Waals surface area contributed by atoms with Gasteiger partial charge in [-0.2, -0.15) is 0 Å². The van der Waals surface area contributed by atoms with Crippen molar-refractivity contribution >= 4 is 29.0 Å². The third kappa shape index (κ3) is 6.04. The lowest BCUT2D eigenvalue weighted by molar-refractivity contribution is -0.123. The lowest BCUT2D eigenvalue weighted by atomic mass is 10.2. The van der Waals surface area contributed by atoms with Crippen molar-refractivity contribution in [3.63, 3.8) is 0 Å². The van der Waals surface area contributed by atoms with Crippen molar-refractivity contribution in [3.8, 4) is 11.5 Å². The molecule has 1 saturated heterocycles. The summed E-state index contributed by atoms with van der Waals surface area (Å²) in [5, 5.41) is 6.85. The molecule has 34 heavy (non-hydrogen) atoms. The molecule has 0 aliphatic carbocycles. The maximum absolute atomic E-state index is 14.5. The summed E-state index contributed by atoms with van der Waals surface area (Å²) >= 11 is 0. The number of halogens is 2. The Labute approximate surface area is 194 Å². The van der Waals surface area contributed by atoms with Crippen molar-refractivity contribution in [1.29, 1.82) is 0 Å². The number of aromatic nitrogens is 1. The summed E-state index contributed by atoms with van der Waals surface area (Å²) in [5.74, 6) is -1.18. The standard InChI is InChI=1S/C24H23F2N5O3/c1-24(2)14-31(24)30-21-12-18(9-10-27-21)34-17-7-8-20(19(26)11-17)29-23(33)13-22(32)28-16-5-3-15(25)4-6-16/h3-12H,13-14H2,1-2H3,(H,27,30)(H,28,32)(H,29,33). The topological polar surface area (TPSA) is 95.4 Å². The molecule has 4 rings (SSSR count). The van der Waals surface area contributed by atoms with Crippen LogP contribution < -0.4 is 20.8 Å². The number of rotatable bonds is 8. The number of hydrogen-bond acceptors (Lipinski definition) is 6. The fourth-order valence-electron chi connectivity index (χ4n) is 3.09. The number of pyridine rings is 1. The van der Waals surface area contributed by atoms with Crippen LogP contribution in [0.1, 0.15) is 20.3 Å². The molecule has 2 heterocycles. The Kier molecular flexibility index (Phi) is 6.42. The van der Waals surface area contributed by atoms with Gasteiger partial charge in [0.05, 0.1) is 5.69 Å². The van der Waals surface area contributed by atoms with Gasteiger partial charge in [0.2, 0.25) is 11.8 Å². The Morgan fingerprint density at radius 3 is 2.35 bits per heavy atom. The summed E-state index contributed by atoms with van der Waals surface area (Å²) in [5.41, 5.74) is 3.51. The predicted octanol–water partition coefficient (Wildman–Crippen LogP) is 4.54. The molecule has 2 aromatic carbocycles. The summed E-state index contributed by atoms with van der Waals surface area (Å²) in [6, 6.07) is 12.4. The maximum atomic E-state index is 14.5. The highest BCUT2D eigenvalue weighted by atomic mass is 19.1. The van der Waals surface area contributed by atoms with E-state index in [-0.39, 0.29) is 17.0 Å². The lowest BCUT2D eigenvalue weighted by Crippen LogP contribution is -2.21. The Bertz CT molecular complexity index is 1220. The Balaban J connectivity index is 1.31. The van der Waals surface area contributed by atoms with Crippen LogP contribution in [0.5, 0.6) is 11.5 Å². The lowest BCUT2D eigenvalue weighted by Gasteiger charge is -2.12. The molecular weight excluding hydrogens is 444 g/mol. The molecule has 0 saturated carbocycles. The first-order valence-electron chi connectivity index (χ1n) is 10.5. The second-order valence-electron chi connectivity index (χ2n) is 8.41. The zero-order valence-corrected chi connectivity index (χ0v) is 18.6. The highest BCUT2D eigenvalue weighted by Crippen LogP contribution is 2.32. The molecular formula is C24H23F2N5O3. The van der Waals surface area contributed by atoms with Gasteiger partial charge < -0.3 is 20.8 Å². The third-order valence-corrected chi connectivity index (χ3v) is 5.05. The van der Waals surface area contributed by atoms with Crippen LogP contribution >= 0.6 is 0 Å². The van der Waals surface area contributed by atoms with Crippen LogP contribution in [0.3, 0.4) is 0 Å². The van der Waals surface area contributed by atoms with Crippen LogP contribution in [0.25, 0.3) is 0 Å². The molecule has 8 nitrogen and oxygen atoms in total. The highest BCUT2D eigenvalue weighted by Gasteiger charge is 2.43. The van der Waals surface area contributed by atoms with Crippen molar-refractivity contribution in [2.75, 3.05) is 22.6 Å². The molecule has 1 unspecified atom stereocenters. The van der Waals surface area contributed by atoms with Gasteiger partial charge in [0.15, 0.2) is 0 Å². The molecule has 1 fully saturated rings. The van der Waals surface area contributed by atoms with E-state index in [1.165, 1.54) is 36.4 Å². The Morgan fingerprint density at radius 2 is 1.68 bits per heavy atom. The number of anilines is 3. The van der Waals surface area contributed by atoms with Gasteiger partial charge in [0.1, 0.15) is 35.4 Å². The number of carbonyl (C=O) groups is 2. The molecule has 3 aromatic rings. The zero-order valence-electron chi connectivity index (χ0n) is 18.6. The van der Waals surface area contributed by atoms with E-state index in [1.54, 1.807) is 18.3 Å². The smallest absolute Gasteiger partial charge is 0.233 e. The number of amides is 2. The van der Waals surface area contributed by atoms with Crippen molar-refractivity contribution in [3.05, 3.63) is 72.4 Å². The monoisotopic (exact) mass is 467 g/mol. The van der Waals surface area contributed by atoms with Gasteiger partial charge in [-0.1, -0.05) is 0 Å². The number of hydrazine groups is 1. The second kappa shape index (κ2) is 9.44. The predicted molar refractivity (Wildman–Crippen MR) is 123 cm³/mol. The van der Waals surface area contributed by atoms with E-state index in [0.717, 1.165) is 12.6 Å². The summed E-state index contributed by atoms with van der Waals surface area (Å²) < 4.78 is 33.2. The first-order valence-corrected chi connectivity index (χ1v) is 10.5. The number of hydrogen-bond donors (Lipinski definition) is 3. The number of ether oxygens (including phenoxy) is 1. The van der Waals surface area contributed by atoms with Gasteiger partial charge in [-0.25, -0.2) is 18.8 Å². The van der Waals surface area contributed by atoms with Gasteiger partial charge in [0.25, 0.3) is 0 Å². The zero-order chi connectivity index (χ0) is 24.3. The molecule has 2 amide bonds. The Morgan fingerprint density at radius 1 is 1.00 bits per heavy atom. The number of carbonyl (C=O) groups excluding carboxylic acids is 2. The molecule has 1 aromatic heterocycles. The van der Waals surface area contributed by atoms with Gasteiger partial charge >= 0.3 is 0 Å². The minimum absolute atomic E-state index is 0.0730. The van der Waals surface area contributed by atoms with Gasteiger partial charge in [-0.3, -0.25) is 9.59 Å². The quantitative estimate of drug-likeness (QED) is 0.333. The number of nitrogens with zero attached hydrogens (tertiary/aromatic N) is 2. The fraction of sp³-hybridized carbons (Fsp3) is 0.208. The van der Waals surface area contributed by atoms with E-state index < -0.39 is 29.9 Å². The van der Waals surface area contributed by atoms with E-state index in [4.69, 9.17) is 4.74 Å². The average Bonchev–Trinajstić information content (AvgIpc) is 3.37. The minimum Gasteiger partial charge on any atom is -0.457 e. The molecule has 0 spiro atoms. The van der Waals surface area contributed by atoms with Gasteiger partial charge in [0, 0.05) is 36.1 Å². The van der Waals surface area contributed by atoms with Gasteiger partial charge in [-0.05, 0) is 56.3 Å². The van der Waals surface area contributed by atoms with E-state index in [0.29, 0.717) is 17.3 Å². The van der Waals surface area contributed by atoms with Crippen LogP contribution in [0.2, 0.25) is 0 Å². The van der Waals surface area contributed by atoms with Crippen LogP contribution in [-0.4, -0.2) is 33.9 Å². The fourth-order valence-corrected chi connectivity index (χ4v) is 3.09. The maximum Gasteiger partial charge on any atom is 0.233 e. The average molecular weight is 467 g/mol. The highest BCUT2D eigenvalue weighted by molar-refractivity contribution is 6.08. The van der Waals surface area contributed by atoms with Crippen LogP contribution in [0.15, 0.2) is 60.8 Å². The van der Waals surface area contributed by atoms with E-state index in [9.17, 15) is 18.4 Å². The Hall–Kier alpha value is -4.05. The van der Waals surface area contributed by atoms with Crippen LogP contribution in [-0.2, 0) is 9.59 Å².